The van der Waals surface area contributed by atoms with Crippen LogP contribution in [0.25, 0.3) is 0 Å². The van der Waals surface area contributed by atoms with Crippen LogP contribution in [0, 0.1) is 0 Å². The summed E-state index contributed by atoms with van der Waals surface area (Å²) in [4.78, 5) is 8.95. The molecule has 0 radical (unpaired) electrons. The van der Waals surface area contributed by atoms with Crippen molar-refractivity contribution in [1.82, 2.24) is 5.32 Å². The smallest absolute Gasteiger partial charge is 0.292 e. The molecule has 5 nitrogen and oxygen atoms in total. The summed E-state index contributed by atoms with van der Waals surface area (Å²) < 4.78 is 9.10. The van der Waals surface area contributed by atoms with E-state index in [1.807, 2.05) is 0 Å². The lowest BCUT2D eigenvalue weighted by Crippen LogP contribution is -2.50. The van der Waals surface area contributed by atoms with Gasteiger partial charge in [-0.3, -0.25) is 4.79 Å². The SMILES string of the molecule is CC1COCC(CN)N1.COC=O. The number of carbonyl (C=O) groups is 1. The highest BCUT2D eigenvalue weighted by atomic mass is 16.5. The second-order valence-corrected chi connectivity index (χ2v) is 2.87. The fourth-order valence-corrected chi connectivity index (χ4v) is 1.02. The molecule has 78 valence electrons. The van der Waals surface area contributed by atoms with E-state index < -0.39 is 0 Å². The first-order valence-corrected chi connectivity index (χ1v) is 4.24. The quantitative estimate of drug-likeness (QED) is 0.553. The zero-order valence-corrected chi connectivity index (χ0v) is 8.16. The predicted molar refractivity (Wildman–Crippen MR) is 49.3 cm³/mol. The Kier molecular flexibility index (Phi) is 7.57. The van der Waals surface area contributed by atoms with Crippen molar-refractivity contribution in [1.29, 1.82) is 0 Å². The van der Waals surface area contributed by atoms with Crippen LogP contribution in [0.15, 0.2) is 0 Å². The van der Waals surface area contributed by atoms with Gasteiger partial charge in [-0.25, -0.2) is 0 Å². The molecular weight excluding hydrogens is 172 g/mol. The second-order valence-electron chi connectivity index (χ2n) is 2.87. The van der Waals surface area contributed by atoms with E-state index in [-0.39, 0.29) is 0 Å². The number of rotatable bonds is 2. The maximum Gasteiger partial charge on any atom is 0.292 e. The van der Waals surface area contributed by atoms with Crippen LogP contribution in [-0.4, -0.2) is 45.4 Å². The first-order chi connectivity index (χ1) is 6.24. The van der Waals surface area contributed by atoms with Gasteiger partial charge in [0.25, 0.3) is 6.47 Å². The molecule has 0 bridgehead atoms. The fraction of sp³-hybridized carbons (Fsp3) is 0.875. The van der Waals surface area contributed by atoms with Crippen molar-refractivity contribution in [3.05, 3.63) is 0 Å². The fourth-order valence-electron chi connectivity index (χ4n) is 1.02. The molecule has 0 aromatic rings. The molecule has 2 atom stereocenters. The second kappa shape index (κ2) is 7.97. The molecule has 0 amide bonds. The Morgan fingerprint density at radius 2 is 2.31 bits per heavy atom. The van der Waals surface area contributed by atoms with E-state index >= 15 is 0 Å². The van der Waals surface area contributed by atoms with Gasteiger partial charge in [0.15, 0.2) is 0 Å². The number of nitrogens with one attached hydrogen (secondary N) is 1. The summed E-state index contributed by atoms with van der Waals surface area (Å²) in [5.41, 5.74) is 5.42. The molecule has 1 aliphatic rings. The third kappa shape index (κ3) is 6.51. The van der Waals surface area contributed by atoms with Crippen LogP contribution >= 0.6 is 0 Å². The molecular formula is C8H18N2O3. The minimum absolute atomic E-state index is 0.369. The normalized spacial score (nSPS) is 27.0. The summed E-state index contributed by atoms with van der Waals surface area (Å²) in [6, 6.07) is 0.834. The van der Waals surface area contributed by atoms with Gasteiger partial charge in [-0.2, -0.15) is 0 Å². The van der Waals surface area contributed by atoms with E-state index in [0.29, 0.717) is 25.1 Å². The van der Waals surface area contributed by atoms with Crippen molar-refractivity contribution < 1.29 is 14.3 Å². The number of ether oxygens (including phenoxy) is 2. The van der Waals surface area contributed by atoms with Gasteiger partial charge in [-0.05, 0) is 6.92 Å². The summed E-state index contributed by atoms with van der Waals surface area (Å²) in [6.45, 7) is 4.73. The maximum atomic E-state index is 8.95. The Morgan fingerprint density at radius 3 is 2.62 bits per heavy atom. The Hall–Kier alpha value is -0.650. The van der Waals surface area contributed by atoms with Gasteiger partial charge in [0.2, 0.25) is 0 Å². The number of nitrogens with two attached hydrogens (primary N) is 1. The van der Waals surface area contributed by atoms with Crippen LogP contribution < -0.4 is 11.1 Å². The largest absolute Gasteiger partial charge is 0.471 e. The van der Waals surface area contributed by atoms with Gasteiger partial charge < -0.3 is 20.5 Å². The molecule has 2 unspecified atom stereocenters. The lowest BCUT2D eigenvalue weighted by Gasteiger charge is -2.27. The van der Waals surface area contributed by atoms with Crippen molar-refractivity contribution in [2.75, 3.05) is 26.9 Å². The number of carbonyl (C=O) groups excluding carboxylic acids is 1. The minimum Gasteiger partial charge on any atom is -0.471 e. The summed E-state index contributed by atoms with van der Waals surface area (Å²) in [5, 5.41) is 3.32. The molecule has 0 aliphatic carbocycles. The van der Waals surface area contributed by atoms with Gasteiger partial charge in [0.05, 0.1) is 20.3 Å². The summed E-state index contributed by atoms with van der Waals surface area (Å²) in [7, 11) is 1.31. The van der Waals surface area contributed by atoms with Crippen molar-refractivity contribution in [2.24, 2.45) is 5.73 Å². The molecule has 0 saturated carbocycles. The van der Waals surface area contributed by atoms with E-state index in [0.717, 1.165) is 13.2 Å². The molecule has 13 heavy (non-hydrogen) atoms. The number of hydrogen-bond acceptors (Lipinski definition) is 5. The summed E-state index contributed by atoms with van der Waals surface area (Å²) in [5.74, 6) is 0. The van der Waals surface area contributed by atoms with Gasteiger partial charge in [-0.15, -0.1) is 0 Å². The average Bonchev–Trinajstić information content (AvgIpc) is 2.18. The van der Waals surface area contributed by atoms with Gasteiger partial charge in [0.1, 0.15) is 0 Å². The van der Waals surface area contributed by atoms with Crippen LogP contribution in [0.5, 0.6) is 0 Å². The van der Waals surface area contributed by atoms with E-state index in [1.54, 1.807) is 0 Å². The number of morpholine rings is 1. The number of hydrogen-bond donors (Lipinski definition) is 2. The van der Waals surface area contributed by atoms with Gasteiger partial charge in [-0.1, -0.05) is 0 Å². The van der Waals surface area contributed by atoms with E-state index in [4.69, 9.17) is 15.3 Å². The highest BCUT2D eigenvalue weighted by Crippen LogP contribution is 1.96. The van der Waals surface area contributed by atoms with Crippen LogP contribution in [0.1, 0.15) is 6.92 Å². The first kappa shape index (κ1) is 12.3. The van der Waals surface area contributed by atoms with Crippen LogP contribution in [0.2, 0.25) is 0 Å². The molecule has 1 heterocycles. The van der Waals surface area contributed by atoms with E-state index in [1.165, 1.54) is 7.11 Å². The van der Waals surface area contributed by atoms with Crippen molar-refractivity contribution in [3.63, 3.8) is 0 Å². The standard InChI is InChI=1S/C6H14N2O.C2H4O2/c1-5-3-9-4-6(2-7)8-5;1-4-2-3/h5-6,8H,2-4,7H2,1H3;2H,1H3. The summed E-state index contributed by atoms with van der Waals surface area (Å²) in [6.07, 6.45) is 0. The highest BCUT2D eigenvalue weighted by molar-refractivity contribution is 5.36. The third-order valence-electron chi connectivity index (χ3n) is 1.59. The maximum absolute atomic E-state index is 8.95. The summed E-state index contributed by atoms with van der Waals surface area (Å²) >= 11 is 0. The zero-order chi connectivity index (χ0) is 10.1. The molecule has 0 spiro atoms. The lowest BCUT2D eigenvalue weighted by molar-refractivity contribution is -0.126. The molecule has 5 heteroatoms. The highest BCUT2D eigenvalue weighted by Gasteiger charge is 2.15. The van der Waals surface area contributed by atoms with Crippen molar-refractivity contribution >= 4 is 6.47 Å². The molecule has 1 rings (SSSR count). The van der Waals surface area contributed by atoms with Gasteiger partial charge in [0, 0.05) is 18.6 Å². The Balaban J connectivity index is 0.000000310. The van der Waals surface area contributed by atoms with E-state index in [9.17, 15) is 0 Å². The minimum atomic E-state index is 0.369. The molecule has 1 aliphatic heterocycles. The Morgan fingerprint density at radius 1 is 1.69 bits per heavy atom. The predicted octanol–water partition coefficient (Wildman–Crippen LogP) is -0.889. The molecule has 0 aromatic heterocycles. The third-order valence-corrected chi connectivity index (χ3v) is 1.59. The topological polar surface area (TPSA) is 73.6 Å². The van der Waals surface area contributed by atoms with Crippen molar-refractivity contribution in [3.8, 4) is 0 Å². The molecule has 3 N–H and O–H groups in total. The van der Waals surface area contributed by atoms with Gasteiger partial charge >= 0.3 is 0 Å². The lowest BCUT2D eigenvalue weighted by atomic mass is 10.2. The van der Waals surface area contributed by atoms with Crippen molar-refractivity contribution in [2.45, 2.75) is 19.0 Å². The molecule has 1 saturated heterocycles. The Bertz CT molecular complexity index is 133. The Labute approximate surface area is 78.6 Å². The molecule has 0 aromatic carbocycles. The van der Waals surface area contributed by atoms with Crippen LogP contribution in [-0.2, 0) is 14.3 Å². The van der Waals surface area contributed by atoms with Crippen LogP contribution in [0.4, 0.5) is 0 Å². The number of methoxy groups -OCH3 is 1. The zero-order valence-electron chi connectivity index (χ0n) is 8.16. The monoisotopic (exact) mass is 190 g/mol. The first-order valence-electron chi connectivity index (χ1n) is 4.24. The average molecular weight is 190 g/mol. The molecule has 1 fully saturated rings. The van der Waals surface area contributed by atoms with E-state index in [2.05, 4.69) is 17.0 Å². The van der Waals surface area contributed by atoms with Crippen LogP contribution in [0.3, 0.4) is 0 Å².